The van der Waals surface area contributed by atoms with E-state index in [0.717, 1.165) is 16.2 Å². The largest absolute Gasteiger partial charge is 0.508 e. The second kappa shape index (κ2) is 4.97. The van der Waals surface area contributed by atoms with E-state index in [-0.39, 0.29) is 11.1 Å². The van der Waals surface area contributed by atoms with Gasteiger partial charge in [0.25, 0.3) is 0 Å². The lowest BCUT2D eigenvalue weighted by Crippen LogP contribution is -2.05. The summed E-state index contributed by atoms with van der Waals surface area (Å²) in [7, 11) is 0. The summed E-state index contributed by atoms with van der Waals surface area (Å²) in [6.45, 7) is 2.07. The van der Waals surface area contributed by atoms with Crippen molar-refractivity contribution in [1.29, 1.82) is 0 Å². The first-order chi connectivity index (χ1) is 9.22. The second-order valence-corrected chi connectivity index (χ2v) is 5.60. The van der Waals surface area contributed by atoms with E-state index in [9.17, 15) is 5.11 Å². The summed E-state index contributed by atoms with van der Waals surface area (Å²) in [4.78, 5) is 0. The Morgan fingerprint density at radius 2 is 1.74 bits per heavy atom. The lowest BCUT2D eigenvalue weighted by molar-refractivity contribution is 0.475. The number of hydrazone groups is 1. The third-order valence-corrected chi connectivity index (χ3v) is 4.17. The van der Waals surface area contributed by atoms with E-state index in [1.165, 1.54) is 5.56 Å². The van der Waals surface area contributed by atoms with Crippen LogP contribution in [0.3, 0.4) is 0 Å². The minimum Gasteiger partial charge on any atom is -0.508 e. The fraction of sp³-hybridized carbons (Fsp3) is 0.133. The van der Waals surface area contributed by atoms with Gasteiger partial charge >= 0.3 is 0 Å². The smallest absolute Gasteiger partial charge is 0.126 e. The number of benzene rings is 2. The van der Waals surface area contributed by atoms with Gasteiger partial charge in [-0.05, 0) is 24.6 Å². The van der Waals surface area contributed by atoms with Crippen molar-refractivity contribution in [2.75, 3.05) is 0 Å². The number of phenolic OH excluding ortho intramolecular Hbond substituents is 1. The summed E-state index contributed by atoms with van der Waals surface area (Å²) in [6, 6.07) is 15.6. The molecule has 2 aromatic rings. The van der Waals surface area contributed by atoms with Crippen LogP contribution in [-0.4, -0.2) is 10.2 Å². The van der Waals surface area contributed by atoms with E-state index >= 15 is 0 Å². The Bertz CT molecular complexity index is 605. The molecule has 3 rings (SSSR count). The van der Waals surface area contributed by atoms with Gasteiger partial charge in [-0.1, -0.05) is 53.7 Å². The zero-order valence-electron chi connectivity index (χ0n) is 10.5. The van der Waals surface area contributed by atoms with Gasteiger partial charge in [-0.15, -0.1) is 0 Å². The van der Waals surface area contributed by atoms with Crippen LogP contribution in [0.4, 0.5) is 0 Å². The number of nitrogens with zero attached hydrogens (tertiary/aromatic N) is 1. The molecule has 3 nitrogen and oxygen atoms in total. The molecule has 0 unspecified atom stereocenters. The molecule has 19 heavy (non-hydrogen) atoms. The fourth-order valence-corrected chi connectivity index (χ4v) is 2.90. The molecule has 0 amide bonds. The number of aryl methyl sites for hydroxylation is 1. The first-order valence-corrected chi connectivity index (χ1v) is 6.96. The summed E-state index contributed by atoms with van der Waals surface area (Å²) in [6.07, 6.45) is 0. The average molecular weight is 270 g/mol. The normalized spacial score (nSPS) is 17.9. The topological polar surface area (TPSA) is 44.6 Å². The van der Waals surface area contributed by atoms with Gasteiger partial charge in [0.05, 0.1) is 0 Å². The summed E-state index contributed by atoms with van der Waals surface area (Å²) < 4.78 is 0. The van der Waals surface area contributed by atoms with Gasteiger partial charge < -0.3 is 5.11 Å². The molecular formula is C15H14N2OS. The fourth-order valence-electron chi connectivity index (χ4n) is 1.90. The first kappa shape index (κ1) is 12.1. The van der Waals surface area contributed by atoms with Gasteiger partial charge in [-0.25, -0.2) is 0 Å². The Morgan fingerprint density at radius 3 is 2.42 bits per heavy atom. The molecule has 0 aromatic heterocycles. The summed E-state index contributed by atoms with van der Waals surface area (Å²) >= 11 is 1.69. The van der Waals surface area contributed by atoms with Crippen LogP contribution in [-0.2, 0) is 0 Å². The van der Waals surface area contributed by atoms with E-state index < -0.39 is 0 Å². The van der Waals surface area contributed by atoms with Crippen LogP contribution in [0.25, 0.3) is 0 Å². The van der Waals surface area contributed by atoms with Gasteiger partial charge in [0.15, 0.2) is 0 Å². The lowest BCUT2D eigenvalue weighted by atomic mass is 10.2. The number of aromatic hydroxyl groups is 1. The highest BCUT2D eigenvalue weighted by Crippen LogP contribution is 2.34. The third-order valence-electron chi connectivity index (χ3n) is 3.01. The average Bonchev–Trinajstić information content (AvgIpc) is 2.90. The van der Waals surface area contributed by atoms with E-state index in [1.54, 1.807) is 23.9 Å². The molecule has 1 aliphatic heterocycles. The Kier molecular flexibility index (Phi) is 3.17. The zero-order chi connectivity index (χ0) is 13.2. The predicted molar refractivity (Wildman–Crippen MR) is 79.3 cm³/mol. The van der Waals surface area contributed by atoms with Crippen LogP contribution < -0.4 is 5.43 Å². The van der Waals surface area contributed by atoms with Crippen LogP contribution in [0.2, 0.25) is 0 Å². The van der Waals surface area contributed by atoms with Crippen molar-refractivity contribution >= 4 is 16.8 Å². The molecular weight excluding hydrogens is 256 g/mol. The number of thioether (sulfide) groups is 1. The second-order valence-electron chi connectivity index (χ2n) is 4.50. The van der Waals surface area contributed by atoms with Crippen molar-refractivity contribution in [2.24, 2.45) is 5.10 Å². The summed E-state index contributed by atoms with van der Waals surface area (Å²) in [5.74, 6) is 0.284. The minimum absolute atomic E-state index is 0.108. The molecule has 2 aromatic carbocycles. The Labute approximate surface area is 116 Å². The van der Waals surface area contributed by atoms with E-state index in [2.05, 4.69) is 41.7 Å². The molecule has 0 fully saturated rings. The predicted octanol–water partition coefficient (Wildman–Crippen LogP) is 3.40. The van der Waals surface area contributed by atoms with E-state index in [4.69, 9.17) is 0 Å². The van der Waals surface area contributed by atoms with Crippen molar-refractivity contribution in [1.82, 2.24) is 5.43 Å². The van der Waals surface area contributed by atoms with Crippen molar-refractivity contribution in [2.45, 2.75) is 12.3 Å². The molecule has 4 heteroatoms. The van der Waals surface area contributed by atoms with Gasteiger partial charge in [-0.2, -0.15) is 5.10 Å². The molecule has 1 aliphatic rings. The molecule has 1 heterocycles. The quantitative estimate of drug-likeness (QED) is 0.879. The maximum Gasteiger partial charge on any atom is 0.126 e. The molecule has 0 bridgehead atoms. The number of nitrogens with one attached hydrogen (secondary N) is 1. The van der Waals surface area contributed by atoms with Crippen LogP contribution in [0.5, 0.6) is 5.75 Å². The van der Waals surface area contributed by atoms with Gasteiger partial charge in [0.1, 0.15) is 16.2 Å². The monoisotopic (exact) mass is 270 g/mol. The van der Waals surface area contributed by atoms with Crippen molar-refractivity contribution < 1.29 is 5.11 Å². The van der Waals surface area contributed by atoms with Gasteiger partial charge in [0, 0.05) is 5.56 Å². The molecule has 0 spiro atoms. The highest BCUT2D eigenvalue weighted by atomic mass is 32.2. The Morgan fingerprint density at radius 1 is 1.05 bits per heavy atom. The third kappa shape index (κ3) is 2.58. The van der Waals surface area contributed by atoms with Gasteiger partial charge in [0.2, 0.25) is 0 Å². The number of hydrogen-bond donors (Lipinski definition) is 2. The van der Waals surface area contributed by atoms with Crippen LogP contribution in [0.1, 0.15) is 22.1 Å². The maximum absolute atomic E-state index is 9.30. The lowest BCUT2D eigenvalue weighted by Gasteiger charge is -2.09. The van der Waals surface area contributed by atoms with E-state index in [0.29, 0.717) is 0 Å². The highest BCUT2D eigenvalue weighted by molar-refractivity contribution is 8.14. The van der Waals surface area contributed by atoms with E-state index in [1.807, 2.05) is 12.1 Å². The first-order valence-electron chi connectivity index (χ1n) is 6.08. The standard InChI is InChI=1S/C15H14N2OS/c1-10-2-4-11(5-3-10)14-16-17-15(19-14)12-6-8-13(18)9-7-12/h2-9,15,17-18H,1H3/t15-/m0/s1. The van der Waals surface area contributed by atoms with Crippen LogP contribution in [0.15, 0.2) is 53.6 Å². The molecule has 96 valence electrons. The molecule has 0 radical (unpaired) electrons. The number of phenols is 1. The minimum atomic E-state index is 0.108. The maximum atomic E-state index is 9.30. The molecule has 0 saturated carbocycles. The molecule has 2 N–H and O–H groups in total. The van der Waals surface area contributed by atoms with Crippen molar-refractivity contribution in [3.8, 4) is 5.75 Å². The van der Waals surface area contributed by atoms with Crippen molar-refractivity contribution in [3.63, 3.8) is 0 Å². The summed E-state index contributed by atoms with van der Waals surface area (Å²) in [5.41, 5.74) is 6.60. The zero-order valence-corrected chi connectivity index (χ0v) is 11.3. The molecule has 1 atom stereocenters. The number of hydrogen-bond acceptors (Lipinski definition) is 4. The van der Waals surface area contributed by atoms with Crippen molar-refractivity contribution in [3.05, 3.63) is 65.2 Å². The SMILES string of the molecule is Cc1ccc(C2=NN[C@H](c3ccc(O)cc3)S2)cc1. The number of rotatable bonds is 2. The van der Waals surface area contributed by atoms with Crippen LogP contribution in [0, 0.1) is 6.92 Å². The Hall–Kier alpha value is -1.94. The van der Waals surface area contributed by atoms with Crippen LogP contribution >= 0.6 is 11.8 Å². The highest BCUT2D eigenvalue weighted by Gasteiger charge is 2.21. The van der Waals surface area contributed by atoms with Gasteiger partial charge in [-0.3, -0.25) is 5.43 Å². The summed E-state index contributed by atoms with van der Waals surface area (Å²) in [5, 5.41) is 14.8. The Balaban J connectivity index is 1.76. The molecule has 0 aliphatic carbocycles. The molecule has 0 saturated heterocycles.